The van der Waals surface area contributed by atoms with E-state index in [-0.39, 0.29) is 34.7 Å². The summed E-state index contributed by atoms with van der Waals surface area (Å²) in [4.78, 5) is 31.4. The zero-order valence-corrected chi connectivity index (χ0v) is 23.6. The number of ether oxygens (including phenoxy) is 1. The molecule has 4 aliphatic rings. The van der Waals surface area contributed by atoms with Gasteiger partial charge in [0.25, 0.3) is 0 Å². The molecule has 2 aromatic rings. The first kappa shape index (κ1) is 26.6. The van der Waals surface area contributed by atoms with Crippen LogP contribution in [0.1, 0.15) is 81.7 Å². The third kappa shape index (κ3) is 5.43. The molecule has 0 N–H and O–H groups in total. The summed E-state index contributed by atoms with van der Waals surface area (Å²) in [5.41, 5.74) is 0.544. The number of ketones is 1. The van der Waals surface area contributed by atoms with Gasteiger partial charge in [-0.05, 0) is 87.8 Å². The molecular weight excluding hydrogens is 485 g/mol. The number of esters is 1. The molecule has 4 fully saturated rings. The number of pyridine rings is 1. The van der Waals surface area contributed by atoms with Crippen LogP contribution in [0.3, 0.4) is 0 Å². The Balaban J connectivity index is 1.36. The molecule has 6 nitrogen and oxygen atoms in total. The van der Waals surface area contributed by atoms with Gasteiger partial charge in [-0.2, -0.15) is 0 Å². The van der Waals surface area contributed by atoms with Gasteiger partial charge in [0, 0.05) is 35.4 Å². The van der Waals surface area contributed by atoms with Crippen LogP contribution in [0.5, 0.6) is 0 Å². The van der Waals surface area contributed by atoms with Gasteiger partial charge in [-0.25, -0.2) is 4.79 Å². The Morgan fingerprint density at radius 1 is 1.27 bits per heavy atom. The summed E-state index contributed by atoms with van der Waals surface area (Å²) in [5, 5.41) is 1.99. The van der Waals surface area contributed by atoms with Crippen LogP contribution in [0.25, 0.3) is 0 Å². The highest BCUT2D eigenvalue weighted by molar-refractivity contribution is 7.10. The number of carbonyl (C=O) groups is 2. The van der Waals surface area contributed by atoms with E-state index in [9.17, 15) is 9.59 Å². The molecule has 8 heteroatoms. The van der Waals surface area contributed by atoms with E-state index < -0.39 is 12.7 Å². The van der Waals surface area contributed by atoms with Crippen LogP contribution in [0.4, 0.5) is 0 Å². The Kier molecular flexibility index (Phi) is 6.91. The number of aromatic nitrogens is 1. The van der Waals surface area contributed by atoms with E-state index in [1.807, 2.05) is 38.3 Å². The Hall–Kier alpha value is -2.03. The fourth-order valence-corrected chi connectivity index (χ4v) is 7.24. The topological polar surface area (TPSA) is 74.7 Å². The third-order valence-corrected chi connectivity index (χ3v) is 9.46. The second-order valence-electron chi connectivity index (χ2n) is 12.9. The minimum atomic E-state index is -0.580. The number of hydrogen-bond donors (Lipinski definition) is 0. The maximum atomic E-state index is 13.2. The van der Waals surface area contributed by atoms with E-state index in [0.29, 0.717) is 36.7 Å². The summed E-state index contributed by atoms with van der Waals surface area (Å²) >= 11 is 1.60. The standard InChI is InChI=1S/C29H38BNO5S/c1-27(2,3)34-26(33)18-9-10-31-21(12-18)14-20(15-22(32)16-23-8-7-11-37-23)30-35-25-24-13-19(28(24,4)5)17-29(25,6)36-30/h7-12,19-20,24-25H,13-17H2,1-6H3/t19-,20-,24+,25?,29+/m1/s1. The molecule has 0 amide bonds. The van der Waals surface area contributed by atoms with Gasteiger partial charge in [0.1, 0.15) is 11.4 Å². The Morgan fingerprint density at radius 3 is 2.73 bits per heavy atom. The van der Waals surface area contributed by atoms with E-state index in [2.05, 4.69) is 25.8 Å². The predicted molar refractivity (Wildman–Crippen MR) is 145 cm³/mol. The van der Waals surface area contributed by atoms with E-state index in [1.165, 1.54) is 6.42 Å². The number of thiophene rings is 1. The van der Waals surface area contributed by atoms with Crippen molar-refractivity contribution in [2.75, 3.05) is 0 Å². The van der Waals surface area contributed by atoms with E-state index >= 15 is 0 Å². The lowest BCUT2D eigenvalue weighted by atomic mass is 9.45. The van der Waals surface area contributed by atoms with E-state index in [4.69, 9.17) is 14.0 Å². The Labute approximate surface area is 224 Å². The number of carbonyl (C=O) groups excluding carboxylic acids is 2. The predicted octanol–water partition coefficient (Wildman–Crippen LogP) is 5.94. The minimum Gasteiger partial charge on any atom is -0.456 e. The average molecular weight is 524 g/mol. The lowest BCUT2D eigenvalue weighted by Crippen LogP contribution is -2.63. The monoisotopic (exact) mass is 523 g/mol. The minimum absolute atomic E-state index is 0.0356. The number of hydrogen-bond acceptors (Lipinski definition) is 7. The second kappa shape index (κ2) is 9.62. The van der Waals surface area contributed by atoms with Crippen molar-refractivity contribution in [3.63, 3.8) is 0 Å². The summed E-state index contributed by atoms with van der Waals surface area (Å²) in [5.74, 6) is 0.698. The van der Waals surface area contributed by atoms with Gasteiger partial charge in [-0.15, -0.1) is 11.3 Å². The number of Topliss-reactive ketones (excluding diaryl/α,β-unsaturated/α-hetero) is 1. The first-order chi connectivity index (χ1) is 17.3. The maximum Gasteiger partial charge on any atom is 0.461 e. The molecule has 0 radical (unpaired) electrons. The molecule has 1 aliphatic heterocycles. The molecule has 2 aromatic heterocycles. The van der Waals surface area contributed by atoms with Gasteiger partial charge in [-0.1, -0.05) is 19.9 Å². The number of nitrogens with zero attached hydrogens (tertiary/aromatic N) is 1. The van der Waals surface area contributed by atoms with Crippen molar-refractivity contribution < 1.29 is 23.6 Å². The van der Waals surface area contributed by atoms with Crippen molar-refractivity contribution >= 4 is 30.2 Å². The molecule has 1 unspecified atom stereocenters. The molecule has 2 bridgehead atoms. The second-order valence-corrected chi connectivity index (χ2v) is 14.0. The van der Waals surface area contributed by atoms with Gasteiger partial charge in [0.05, 0.1) is 17.3 Å². The molecule has 0 aromatic carbocycles. The van der Waals surface area contributed by atoms with Crippen LogP contribution in [0.15, 0.2) is 35.8 Å². The van der Waals surface area contributed by atoms with E-state index in [1.54, 1.807) is 29.7 Å². The molecule has 6 rings (SSSR count). The van der Waals surface area contributed by atoms with Gasteiger partial charge in [0.15, 0.2) is 0 Å². The van der Waals surface area contributed by atoms with Crippen LogP contribution in [-0.2, 0) is 31.7 Å². The highest BCUT2D eigenvalue weighted by Gasteiger charge is 2.67. The summed E-state index contributed by atoms with van der Waals surface area (Å²) in [7, 11) is -0.482. The van der Waals surface area contributed by atoms with E-state index in [0.717, 1.165) is 17.0 Å². The van der Waals surface area contributed by atoms with Gasteiger partial charge >= 0.3 is 13.1 Å². The normalized spacial score (nSPS) is 28.8. The maximum absolute atomic E-state index is 13.2. The van der Waals surface area contributed by atoms with Crippen LogP contribution < -0.4 is 0 Å². The first-order valence-electron chi connectivity index (χ1n) is 13.4. The fraction of sp³-hybridized carbons (Fsp3) is 0.621. The molecule has 3 heterocycles. The van der Waals surface area contributed by atoms with Gasteiger partial charge < -0.3 is 14.0 Å². The summed E-state index contributed by atoms with van der Waals surface area (Å²) in [6.07, 6.45) is 5.07. The van der Waals surface area contributed by atoms with Crippen molar-refractivity contribution in [2.24, 2.45) is 17.3 Å². The lowest BCUT2D eigenvalue weighted by molar-refractivity contribution is -0.185. The van der Waals surface area contributed by atoms with Crippen LogP contribution >= 0.6 is 11.3 Å². The molecule has 0 spiro atoms. The zero-order chi connectivity index (χ0) is 26.6. The lowest BCUT2D eigenvalue weighted by Gasteiger charge is -2.63. The first-order valence-corrected chi connectivity index (χ1v) is 14.3. The van der Waals surface area contributed by atoms with Gasteiger partial charge in [0.2, 0.25) is 0 Å². The van der Waals surface area contributed by atoms with Crippen LogP contribution in [0, 0.1) is 17.3 Å². The van der Waals surface area contributed by atoms with Crippen molar-refractivity contribution in [3.05, 3.63) is 52.0 Å². The molecule has 3 aliphatic carbocycles. The summed E-state index contributed by atoms with van der Waals surface area (Å²) in [6, 6.07) is 7.41. The fourth-order valence-electron chi connectivity index (χ4n) is 6.51. The molecule has 1 saturated heterocycles. The van der Waals surface area contributed by atoms with Crippen LogP contribution in [-0.4, -0.2) is 41.2 Å². The van der Waals surface area contributed by atoms with Crippen molar-refractivity contribution in [1.29, 1.82) is 0 Å². The molecule has 5 atom stereocenters. The highest BCUT2D eigenvalue weighted by atomic mass is 32.1. The largest absolute Gasteiger partial charge is 0.461 e. The van der Waals surface area contributed by atoms with Crippen molar-refractivity contribution in [1.82, 2.24) is 4.98 Å². The summed E-state index contributed by atoms with van der Waals surface area (Å²) in [6.45, 7) is 12.4. The Bertz CT molecular complexity index is 1160. The smallest absolute Gasteiger partial charge is 0.456 e. The average Bonchev–Trinajstić information content (AvgIpc) is 3.44. The molecule has 198 valence electrons. The third-order valence-electron chi connectivity index (χ3n) is 8.58. The zero-order valence-electron chi connectivity index (χ0n) is 22.8. The summed E-state index contributed by atoms with van der Waals surface area (Å²) < 4.78 is 18.9. The molecule has 3 saturated carbocycles. The number of rotatable bonds is 8. The van der Waals surface area contributed by atoms with Gasteiger partial charge in [-0.3, -0.25) is 9.78 Å². The Morgan fingerprint density at radius 2 is 2.05 bits per heavy atom. The quantitative estimate of drug-likeness (QED) is 0.315. The highest BCUT2D eigenvalue weighted by Crippen LogP contribution is 2.65. The van der Waals surface area contributed by atoms with Crippen molar-refractivity contribution in [2.45, 2.75) is 96.8 Å². The SMILES string of the molecule is CC(C)(C)OC(=O)c1ccnc(C[C@H](CC(=O)Cc2cccs2)B2OC3[C@@H]4C[C@H](C[C@]3(C)O2)C4(C)C)c1. The van der Waals surface area contributed by atoms with Crippen molar-refractivity contribution in [3.8, 4) is 0 Å². The van der Waals surface area contributed by atoms with Crippen LogP contribution in [0.2, 0.25) is 5.82 Å². The molecule has 37 heavy (non-hydrogen) atoms. The molecular formula is C29H38BNO5S.